The van der Waals surface area contributed by atoms with Gasteiger partial charge in [0.25, 0.3) is 0 Å². The second-order valence-corrected chi connectivity index (χ2v) is 10.6. The van der Waals surface area contributed by atoms with Gasteiger partial charge in [0.2, 0.25) is 11.8 Å². The average molecular weight is 532 g/mol. The highest BCUT2D eigenvalue weighted by atomic mass is 16.2. The van der Waals surface area contributed by atoms with E-state index in [-0.39, 0.29) is 23.7 Å². The van der Waals surface area contributed by atoms with Gasteiger partial charge in [0.1, 0.15) is 0 Å². The number of nitrogens with zero attached hydrogens (tertiary/aromatic N) is 4. The van der Waals surface area contributed by atoms with Crippen LogP contribution in [0.5, 0.6) is 0 Å². The van der Waals surface area contributed by atoms with Crippen LogP contribution in [-0.2, 0) is 9.59 Å². The van der Waals surface area contributed by atoms with E-state index in [9.17, 15) is 9.59 Å². The first-order valence-corrected chi connectivity index (χ1v) is 14.0. The molecule has 2 amide bonds. The molecule has 3 aromatic carbocycles. The molecule has 2 saturated heterocycles. The Hall–Kier alpha value is -4.52. The third-order valence-electron chi connectivity index (χ3n) is 8.10. The van der Waals surface area contributed by atoms with Gasteiger partial charge >= 0.3 is 0 Å². The fraction of sp³-hybridized carbons (Fsp3) is 0.273. The summed E-state index contributed by atoms with van der Waals surface area (Å²) < 4.78 is 0. The Bertz CT molecular complexity index is 1380. The molecule has 0 saturated carbocycles. The fourth-order valence-corrected chi connectivity index (χ4v) is 5.76. The Labute approximate surface area is 234 Å². The molecule has 3 heterocycles. The Kier molecular flexibility index (Phi) is 7.53. The number of piperidine rings is 1. The van der Waals surface area contributed by atoms with E-state index in [0.717, 1.165) is 48.6 Å². The molecule has 0 radical (unpaired) electrons. The van der Waals surface area contributed by atoms with Crippen molar-refractivity contribution in [3.05, 3.63) is 120 Å². The zero-order chi connectivity index (χ0) is 27.3. The SMILES string of the molecule is O=C(Nc1ccc(C2CCN(C(=O)C(c3ccccc3)c3ccccc3)CC2)cc1)C1CN(c2cccnn2)C1. The van der Waals surface area contributed by atoms with Crippen molar-refractivity contribution in [1.29, 1.82) is 0 Å². The van der Waals surface area contributed by atoms with Crippen LogP contribution in [0.2, 0.25) is 0 Å². The van der Waals surface area contributed by atoms with Crippen molar-refractivity contribution in [1.82, 2.24) is 15.1 Å². The predicted octanol–water partition coefficient (Wildman–Crippen LogP) is 5.09. The molecule has 2 fully saturated rings. The maximum atomic E-state index is 13.8. The van der Waals surface area contributed by atoms with E-state index in [0.29, 0.717) is 19.0 Å². The second kappa shape index (κ2) is 11.7. The van der Waals surface area contributed by atoms with Crippen molar-refractivity contribution < 1.29 is 9.59 Å². The smallest absolute Gasteiger partial charge is 0.234 e. The lowest BCUT2D eigenvalue weighted by Gasteiger charge is -2.38. The molecule has 0 atom stereocenters. The maximum Gasteiger partial charge on any atom is 0.234 e. The average Bonchev–Trinajstić information content (AvgIpc) is 2.99. The highest BCUT2D eigenvalue weighted by Gasteiger charge is 2.34. The minimum atomic E-state index is -0.287. The molecular formula is C33H33N5O2. The van der Waals surface area contributed by atoms with Gasteiger partial charge in [-0.05, 0) is 59.7 Å². The van der Waals surface area contributed by atoms with Crippen LogP contribution in [0.25, 0.3) is 0 Å². The molecule has 4 aromatic rings. The predicted molar refractivity (Wildman–Crippen MR) is 156 cm³/mol. The van der Waals surface area contributed by atoms with E-state index in [2.05, 4.69) is 32.5 Å². The van der Waals surface area contributed by atoms with Gasteiger partial charge in [-0.1, -0.05) is 72.8 Å². The second-order valence-electron chi connectivity index (χ2n) is 10.6. The third kappa shape index (κ3) is 5.59. The number of carbonyl (C=O) groups is 2. The number of benzene rings is 3. The molecule has 2 aliphatic heterocycles. The fourth-order valence-electron chi connectivity index (χ4n) is 5.76. The number of anilines is 2. The molecule has 0 aliphatic carbocycles. The zero-order valence-corrected chi connectivity index (χ0v) is 22.4. The summed E-state index contributed by atoms with van der Waals surface area (Å²) >= 11 is 0. The van der Waals surface area contributed by atoms with Crippen molar-refractivity contribution in [3.63, 3.8) is 0 Å². The van der Waals surface area contributed by atoms with Crippen molar-refractivity contribution in [2.45, 2.75) is 24.7 Å². The lowest BCUT2D eigenvalue weighted by molar-refractivity contribution is -0.133. The van der Waals surface area contributed by atoms with Crippen LogP contribution < -0.4 is 10.2 Å². The quantitative estimate of drug-likeness (QED) is 0.360. The molecule has 1 N–H and O–H groups in total. The Morgan fingerprint density at radius 1 is 0.775 bits per heavy atom. The van der Waals surface area contributed by atoms with Crippen LogP contribution in [-0.4, -0.2) is 53.1 Å². The summed E-state index contributed by atoms with van der Waals surface area (Å²) in [6, 6.07) is 32.1. The number of rotatable bonds is 7. The first kappa shape index (κ1) is 25.7. The molecule has 0 spiro atoms. The van der Waals surface area contributed by atoms with Crippen molar-refractivity contribution in [2.24, 2.45) is 5.92 Å². The first-order chi connectivity index (χ1) is 19.7. The Morgan fingerprint density at radius 2 is 1.40 bits per heavy atom. The van der Waals surface area contributed by atoms with E-state index in [1.54, 1.807) is 6.20 Å². The lowest BCUT2D eigenvalue weighted by Crippen LogP contribution is -2.52. The summed E-state index contributed by atoms with van der Waals surface area (Å²) in [5.41, 5.74) is 4.13. The van der Waals surface area contributed by atoms with Gasteiger partial charge in [0.15, 0.2) is 5.82 Å². The molecule has 7 nitrogen and oxygen atoms in total. The van der Waals surface area contributed by atoms with E-state index in [1.165, 1.54) is 5.56 Å². The summed E-state index contributed by atoms with van der Waals surface area (Å²) in [5, 5.41) is 11.1. The number of hydrogen-bond donors (Lipinski definition) is 1. The van der Waals surface area contributed by atoms with Crippen molar-refractivity contribution in [3.8, 4) is 0 Å². The number of carbonyl (C=O) groups excluding carboxylic acids is 2. The Balaban J connectivity index is 1.03. The maximum absolute atomic E-state index is 13.8. The van der Waals surface area contributed by atoms with Crippen LogP contribution in [0.3, 0.4) is 0 Å². The first-order valence-electron chi connectivity index (χ1n) is 14.0. The highest BCUT2D eigenvalue weighted by Crippen LogP contribution is 2.33. The number of nitrogens with one attached hydrogen (secondary N) is 1. The number of aromatic nitrogens is 2. The minimum Gasteiger partial charge on any atom is -0.353 e. The molecule has 40 heavy (non-hydrogen) atoms. The minimum absolute atomic E-state index is 0.0334. The highest BCUT2D eigenvalue weighted by molar-refractivity contribution is 5.94. The summed E-state index contributed by atoms with van der Waals surface area (Å²) in [5.74, 6) is 1.06. The van der Waals surface area contributed by atoms with Gasteiger partial charge in [-0.25, -0.2) is 0 Å². The normalized spacial score (nSPS) is 16.0. The zero-order valence-electron chi connectivity index (χ0n) is 22.4. The van der Waals surface area contributed by atoms with Crippen LogP contribution in [0.15, 0.2) is 103 Å². The van der Waals surface area contributed by atoms with Crippen molar-refractivity contribution in [2.75, 3.05) is 36.4 Å². The standard InChI is InChI=1S/C33H33N5O2/c39-32(28-22-38(23-28)30-12-7-19-34-36-30)35-29-15-13-24(14-16-29)25-17-20-37(21-18-25)33(40)31(26-8-3-1-4-9-26)27-10-5-2-6-11-27/h1-16,19,25,28,31H,17-18,20-23H2,(H,35,39). The molecule has 0 bridgehead atoms. The lowest BCUT2D eigenvalue weighted by atomic mass is 9.86. The summed E-state index contributed by atoms with van der Waals surface area (Å²) in [4.78, 5) is 30.5. The van der Waals surface area contributed by atoms with Gasteiger partial charge in [0.05, 0.1) is 11.8 Å². The largest absolute Gasteiger partial charge is 0.353 e. The summed E-state index contributed by atoms with van der Waals surface area (Å²) in [7, 11) is 0. The van der Waals surface area contributed by atoms with Gasteiger partial charge < -0.3 is 15.1 Å². The number of likely N-dealkylation sites (tertiary alicyclic amines) is 1. The Morgan fingerprint density at radius 3 is 1.98 bits per heavy atom. The van der Waals surface area contributed by atoms with E-state index in [4.69, 9.17) is 0 Å². The number of amides is 2. The van der Waals surface area contributed by atoms with Crippen LogP contribution in [0.4, 0.5) is 11.5 Å². The van der Waals surface area contributed by atoms with E-state index in [1.807, 2.05) is 89.8 Å². The van der Waals surface area contributed by atoms with Gasteiger partial charge in [0, 0.05) is 38.1 Å². The third-order valence-corrected chi connectivity index (χ3v) is 8.10. The van der Waals surface area contributed by atoms with Crippen LogP contribution in [0, 0.1) is 5.92 Å². The van der Waals surface area contributed by atoms with E-state index < -0.39 is 0 Å². The molecular weight excluding hydrogens is 498 g/mol. The van der Waals surface area contributed by atoms with Gasteiger partial charge in [-0.3, -0.25) is 9.59 Å². The topological polar surface area (TPSA) is 78.4 Å². The molecule has 1 aromatic heterocycles. The molecule has 0 unspecified atom stereocenters. The summed E-state index contributed by atoms with van der Waals surface area (Å²) in [6.45, 7) is 2.77. The molecule has 7 heteroatoms. The van der Waals surface area contributed by atoms with Crippen molar-refractivity contribution >= 4 is 23.3 Å². The van der Waals surface area contributed by atoms with Crippen LogP contribution in [0.1, 0.15) is 41.4 Å². The van der Waals surface area contributed by atoms with Crippen LogP contribution >= 0.6 is 0 Å². The van der Waals surface area contributed by atoms with E-state index >= 15 is 0 Å². The summed E-state index contributed by atoms with van der Waals surface area (Å²) in [6.07, 6.45) is 3.50. The van der Waals surface area contributed by atoms with Gasteiger partial charge in [-0.15, -0.1) is 5.10 Å². The number of hydrogen-bond acceptors (Lipinski definition) is 5. The molecule has 2 aliphatic rings. The molecule has 202 valence electrons. The van der Waals surface area contributed by atoms with Gasteiger partial charge in [-0.2, -0.15) is 5.10 Å². The molecule has 6 rings (SSSR count). The monoisotopic (exact) mass is 531 g/mol.